The summed E-state index contributed by atoms with van der Waals surface area (Å²) in [5, 5.41) is 3.51. The highest BCUT2D eigenvalue weighted by molar-refractivity contribution is 6.01. The van der Waals surface area contributed by atoms with Crippen LogP contribution in [0.25, 0.3) is 0 Å². The molecule has 0 saturated carbocycles. The van der Waals surface area contributed by atoms with E-state index < -0.39 is 0 Å². The molecular formula is C23H24N2O3. The van der Waals surface area contributed by atoms with E-state index in [0.29, 0.717) is 18.7 Å². The minimum absolute atomic E-state index is 0.0203. The largest absolute Gasteiger partial charge is 0.494 e. The second-order valence-electron chi connectivity index (χ2n) is 6.88. The van der Waals surface area contributed by atoms with Gasteiger partial charge in [-0.25, -0.2) is 0 Å². The lowest BCUT2D eigenvalue weighted by Crippen LogP contribution is -2.42. The van der Waals surface area contributed by atoms with Gasteiger partial charge in [0, 0.05) is 5.69 Å². The van der Waals surface area contributed by atoms with Crippen molar-refractivity contribution in [3.8, 4) is 5.75 Å². The fourth-order valence-electron chi connectivity index (χ4n) is 3.40. The number of amides is 1. The Morgan fingerprint density at radius 1 is 1.11 bits per heavy atom. The zero-order valence-electron chi connectivity index (χ0n) is 15.9. The third-order valence-electron chi connectivity index (χ3n) is 4.87. The van der Waals surface area contributed by atoms with Crippen LogP contribution in [0.2, 0.25) is 0 Å². The molecule has 5 heteroatoms. The van der Waals surface area contributed by atoms with Crippen LogP contribution in [0.3, 0.4) is 0 Å². The van der Waals surface area contributed by atoms with E-state index in [1.165, 1.54) is 0 Å². The normalized spacial score (nSPS) is 15.8. The molecule has 1 aromatic heterocycles. The number of nitrogens with zero attached hydrogens (tertiary/aromatic N) is 1. The van der Waals surface area contributed by atoms with Crippen molar-refractivity contribution in [2.24, 2.45) is 0 Å². The Kier molecular flexibility index (Phi) is 5.33. The van der Waals surface area contributed by atoms with Gasteiger partial charge in [-0.3, -0.25) is 4.79 Å². The minimum Gasteiger partial charge on any atom is -0.494 e. The van der Waals surface area contributed by atoms with Crippen LogP contribution in [0.15, 0.2) is 71.3 Å². The number of rotatable bonds is 7. The van der Waals surface area contributed by atoms with E-state index in [2.05, 4.69) is 12.2 Å². The van der Waals surface area contributed by atoms with Gasteiger partial charge in [-0.2, -0.15) is 0 Å². The molecule has 4 rings (SSSR count). The number of ether oxygens (including phenoxy) is 1. The minimum atomic E-state index is -0.303. The third kappa shape index (κ3) is 3.74. The summed E-state index contributed by atoms with van der Waals surface area (Å²) in [5.74, 6) is 1.54. The van der Waals surface area contributed by atoms with Crippen molar-refractivity contribution in [3.63, 3.8) is 0 Å². The molecule has 1 unspecified atom stereocenters. The standard InChI is InChI=1S/C23H24N2O3/c1-2-3-13-27-18-9-6-8-17(15-18)22-24-21-12-5-4-11-20(21)23(26)25(22)16-19-10-7-14-28-19/h4-12,14-15,22,24H,2-3,13,16H2,1H3. The van der Waals surface area contributed by atoms with Gasteiger partial charge in [-0.15, -0.1) is 0 Å². The van der Waals surface area contributed by atoms with Crippen LogP contribution in [-0.4, -0.2) is 17.4 Å². The van der Waals surface area contributed by atoms with Gasteiger partial charge in [-0.05, 0) is 48.4 Å². The summed E-state index contributed by atoms with van der Waals surface area (Å²) in [6, 6.07) is 19.3. The predicted octanol–water partition coefficient (Wildman–Crippen LogP) is 5.23. The lowest BCUT2D eigenvalue weighted by atomic mass is 10.0. The van der Waals surface area contributed by atoms with Crippen LogP contribution in [0.4, 0.5) is 5.69 Å². The number of carbonyl (C=O) groups is 1. The van der Waals surface area contributed by atoms with Crippen LogP contribution < -0.4 is 10.1 Å². The fraction of sp³-hybridized carbons (Fsp3) is 0.261. The van der Waals surface area contributed by atoms with Gasteiger partial charge in [0.15, 0.2) is 0 Å². The summed E-state index contributed by atoms with van der Waals surface area (Å²) in [6.07, 6.45) is 3.43. The van der Waals surface area contributed by atoms with Gasteiger partial charge in [0.1, 0.15) is 17.7 Å². The Morgan fingerprint density at radius 3 is 2.82 bits per heavy atom. The van der Waals surface area contributed by atoms with E-state index in [1.54, 1.807) is 11.2 Å². The van der Waals surface area contributed by atoms with Gasteiger partial charge in [0.2, 0.25) is 0 Å². The van der Waals surface area contributed by atoms with Crippen molar-refractivity contribution >= 4 is 11.6 Å². The Bertz CT molecular complexity index is 937. The number of hydrogen-bond donors (Lipinski definition) is 1. The maximum Gasteiger partial charge on any atom is 0.258 e. The summed E-state index contributed by atoms with van der Waals surface area (Å²) in [6.45, 7) is 3.22. The lowest BCUT2D eigenvalue weighted by Gasteiger charge is -2.37. The molecule has 0 aliphatic carbocycles. The molecule has 1 aliphatic heterocycles. The Hall–Kier alpha value is -3.21. The molecule has 2 heterocycles. The Morgan fingerprint density at radius 2 is 2.00 bits per heavy atom. The van der Waals surface area contributed by atoms with Crippen molar-refractivity contribution in [1.29, 1.82) is 0 Å². The zero-order valence-corrected chi connectivity index (χ0v) is 15.9. The Balaban J connectivity index is 1.66. The molecular weight excluding hydrogens is 352 g/mol. The highest BCUT2D eigenvalue weighted by Crippen LogP contribution is 2.35. The van der Waals surface area contributed by atoms with E-state index in [9.17, 15) is 4.79 Å². The molecule has 2 aromatic carbocycles. The van der Waals surface area contributed by atoms with Crippen LogP contribution in [0, 0.1) is 0 Å². The predicted molar refractivity (Wildman–Crippen MR) is 108 cm³/mol. The molecule has 0 saturated heterocycles. The first-order valence-electron chi connectivity index (χ1n) is 9.68. The lowest BCUT2D eigenvalue weighted by molar-refractivity contribution is 0.0651. The molecule has 0 radical (unpaired) electrons. The van der Waals surface area contributed by atoms with Crippen LogP contribution >= 0.6 is 0 Å². The van der Waals surface area contributed by atoms with Crippen LogP contribution in [0.1, 0.15) is 47.6 Å². The van der Waals surface area contributed by atoms with E-state index in [-0.39, 0.29) is 12.1 Å². The van der Waals surface area contributed by atoms with Gasteiger partial charge in [-0.1, -0.05) is 37.6 Å². The van der Waals surface area contributed by atoms with Crippen molar-refractivity contribution in [3.05, 3.63) is 83.8 Å². The van der Waals surface area contributed by atoms with Crippen molar-refractivity contribution in [2.45, 2.75) is 32.5 Å². The molecule has 1 aliphatic rings. The van der Waals surface area contributed by atoms with Gasteiger partial charge in [0.25, 0.3) is 5.91 Å². The first-order chi connectivity index (χ1) is 13.8. The van der Waals surface area contributed by atoms with Crippen LogP contribution in [0.5, 0.6) is 5.75 Å². The monoisotopic (exact) mass is 376 g/mol. The summed E-state index contributed by atoms with van der Waals surface area (Å²) in [4.78, 5) is 15.0. The average Bonchev–Trinajstić information content (AvgIpc) is 3.24. The quantitative estimate of drug-likeness (QED) is 0.574. The first kappa shape index (κ1) is 18.2. The number of benzene rings is 2. The van der Waals surface area contributed by atoms with Crippen molar-refractivity contribution in [2.75, 3.05) is 11.9 Å². The van der Waals surface area contributed by atoms with E-state index in [1.807, 2.05) is 60.7 Å². The first-order valence-corrected chi connectivity index (χ1v) is 9.68. The molecule has 144 valence electrons. The molecule has 28 heavy (non-hydrogen) atoms. The van der Waals surface area contributed by atoms with Crippen LogP contribution in [-0.2, 0) is 6.54 Å². The summed E-state index contributed by atoms with van der Waals surface area (Å²) >= 11 is 0. The van der Waals surface area contributed by atoms with Gasteiger partial charge in [0.05, 0.1) is 25.0 Å². The number of fused-ring (bicyclic) bond motifs is 1. The highest BCUT2D eigenvalue weighted by Gasteiger charge is 2.33. The van der Waals surface area contributed by atoms with Crippen molar-refractivity contribution < 1.29 is 13.9 Å². The van der Waals surface area contributed by atoms with Gasteiger partial charge < -0.3 is 19.4 Å². The molecule has 0 spiro atoms. The summed E-state index contributed by atoms with van der Waals surface area (Å²) in [7, 11) is 0. The Labute approximate surface area is 164 Å². The van der Waals surface area contributed by atoms with E-state index >= 15 is 0 Å². The fourth-order valence-corrected chi connectivity index (χ4v) is 3.40. The molecule has 3 aromatic rings. The van der Waals surface area contributed by atoms with E-state index in [4.69, 9.17) is 9.15 Å². The topological polar surface area (TPSA) is 54.7 Å². The number of anilines is 1. The molecule has 1 atom stereocenters. The van der Waals surface area contributed by atoms with Gasteiger partial charge >= 0.3 is 0 Å². The van der Waals surface area contributed by atoms with Crippen molar-refractivity contribution in [1.82, 2.24) is 4.90 Å². The number of carbonyl (C=O) groups excluding carboxylic acids is 1. The summed E-state index contributed by atoms with van der Waals surface area (Å²) < 4.78 is 11.4. The SMILES string of the molecule is CCCCOc1cccc(C2Nc3ccccc3C(=O)N2Cc2ccco2)c1. The van der Waals surface area contributed by atoms with E-state index in [0.717, 1.165) is 35.6 Å². The number of furan rings is 1. The second-order valence-corrected chi connectivity index (χ2v) is 6.88. The number of hydrogen-bond acceptors (Lipinski definition) is 4. The summed E-state index contributed by atoms with van der Waals surface area (Å²) in [5.41, 5.74) is 2.48. The molecule has 0 bridgehead atoms. The smallest absolute Gasteiger partial charge is 0.258 e. The number of unbranched alkanes of at least 4 members (excludes halogenated alkanes) is 1. The molecule has 5 nitrogen and oxygen atoms in total. The molecule has 0 fully saturated rings. The second kappa shape index (κ2) is 8.21. The molecule has 1 amide bonds. The third-order valence-corrected chi connectivity index (χ3v) is 4.87. The zero-order chi connectivity index (χ0) is 19.3. The average molecular weight is 376 g/mol. The number of nitrogens with one attached hydrogen (secondary N) is 1. The molecule has 1 N–H and O–H groups in total. The highest BCUT2D eigenvalue weighted by atomic mass is 16.5. The maximum absolute atomic E-state index is 13.2. The maximum atomic E-state index is 13.2. The number of para-hydroxylation sites is 1.